The van der Waals surface area contributed by atoms with Gasteiger partial charge in [-0.3, -0.25) is 4.98 Å². The lowest BCUT2D eigenvalue weighted by molar-refractivity contribution is 0.0640. The summed E-state index contributed by atoms with van der Waals surface area (Å²) >= 11 is 6.19. The van der Waals surface area contributed by atoms with Crippen LogP contribution in [0.3, 0.4) is 0 Å². The summed E-state index contributed by atoms with van der Waals surface area (Å²) < 4.78 is 5.73. The fraction of sp³-hybridized carbons (Fsp3) is 0.615. The highest BCUT2D eigenvalue weighted by molar-refractivity contribution is 6.31. The van der Waals surface area contributed by atoms with Crippen molar-refractivity contribution in [2.45, 2.75) is 25.9 Å². The number of pyridine rings is 1. The SMILES string of the molecule is CNCC1(Cc2ccncc2Cl)CCOC1C. The Morgan fingerprint density at radius 1 is 1.65 bits per heavy atom. The third kappa shape index (κ3) is 2.62. The Kier molecular flexibility index (Phi) is 4.02. The van der Waals surface area contributed by atoms with Crippen LogP contribution < -0.4 is 5.32 Å². The van der Waals surface area contributed by atoms with E-state index >= 15 is 0 Å². The molecule has 0 saturated carbocycles. The van der Waals surface area contributed by atoms with Gasteiger partial charge in [-0.15, -0.1) is 0 Å². The van der Waals surface area contributed by atoms with Crippen LogP contribution in [0.5, 0.6) is 0 Å². The van der Waals surface area contributed by atoms with Crippen molar-refractivity contribution in [3.63, 3.8) is 0 Å². The first kappa shape index (κ1) is 12.8. The van der Waals surface area contributed by atoms with Crippen LogP contribution in [0, 0.1) is 5.41 Å². The highest BCUT2D eigenvalue weighted by Crippen LogP contribution is 2.38. The van der Waals surface area contributed by atoms with Crippen LogP contribution in [0.15, 0.2) is 18.5 Å². The molecule has 0 aromatic carbocycles. The molecule has 1 fully saturated rings. The summed E-state index contributed by atoms with van der Waals surface area (Å²) in [5, 5.41) is 4.03. The molecule has 0 aliphatic carbocycles. The molecule has 2 heterocycles. The number of nitrogens with one attached hydrogen (secondary N) is 1. The molecule has 1 saturated heterocycles. The Labute approximate surface area is 108 Å². The van der Waals surface area contributed by atoms with Crippen LogP contribution in [0.2, 0.25) is 5.02 Å². The lowest BCUT2D eigenvalue weighted by Crippen LogP contribution is -2.40. The Morgan fingerprint density at radius 2 is 2.47 bits per heavy atom. The maximum absolute atomic E-state index is 6.19. The third-order valence-electron chi connectivity index (χ3n) is 3.76. The van der Waals surface area contributed by atoms with E-state index in [1.54, 1.807) is 12.4 Å². The molecule has 1 aromatic rings. The third-order valence-corrected chi connectivity index (χ3v) is 4.10. The summed E-state index contributed by atoms with van der Waals surface area (Å²) in [6.45, 7) is 3.94. The predicted octanol–water partition coefficient (Wildman–Crippen LogP) is 2.29. The fourth-order valence-corrected chi connectivity index (χ4v) is 2.81. The second-order valence-corrected chi connectivity index (χ2v) is 5.21. The quantitative estimate of drug-likeness (QED) is 0.895. The molecule has 17 heavy (non-hydrogen) atoms. The summed E-state index contributed by atoms with van der Waals surface area (Å²) in [6.07, 6.45) is 5.79. The lowest BCUT2D eigenvalue weighted by atomic mass is 9.76. The summed E-state index contributed by atoms with van der Waals surface area (Å²) in [7, 11) is 1.99. The molecule has 4 heteroatoms. The number of ether oxygens (including phenoxy) is 1. The van der Waals surface area contributed by atoms with Crippen molar-refractivity contribution < 1.29 is 4.74 Å². The first-order valence-electron chi connectivity index (χ1n) is 6.02. The molecule has 2 unspecified atom stereocenters. The fourth-order valence-electron chi connectivity index (χ4n) is 2.62. The van der Waals surface area contributed by atoms with Gasteiger partial charge in [-0.1, -0.05) is 11.6 Å². The van der Waals surface area contributed by atoms with Crippen LogP contribution >= 0.6 is 11.6 Å². The Bertz CT molecular complexity index is 385. The molecule has 94 valence electrons. The lowest BCUT2D eigenvalue weighted by Gasteiger charge is -2.32. The standard InChI is InChI=1S/C13H19ClN2O/c1-10-13(9-15-2,4-6-17-10)7-11-3-5-16-8-12(11)14/h3,5,8,10,15H,4,6-7,9H2,1-2H3. The average molecular weight is 255 g/mol. The number of halogens is 1. The van der Waals surface area contributed by atoms with Gasteiger partial charge in [-0.2, -0.15) is 0 Å². The second kappa shape index (κ2) is 5.34. The number of rotatable bonds is 4. The molecule has 2 atom stereocenters. The van der Waals surface area contributed by atoms with Gasteiger partial charge < -0.3 is 10.1 Å². The summed E-state index contributed by atoms with van der Waals surface area (Å²) in [5.41, 5.74) is 1.31. The summed E-state index contributed by atoms with van der Waals surface area (Å²) in [6, 6.07) is 2.00. The van der Waals surface area contributed by atoms with E-state index in [9.17, 15) is 0 Å². The van der Waals surface area contributed by atoms with E-state index in [4.69, 9.17) is 16.3 Å². The van der Waals surface area contributed by atoms with Gasteiger partial charge in [0.1, 0.15) is 0 Å². The highest BCUT2D eigenvalue weighted by Gasteiger charge is 2.41. The largest absolute Gasteiger partial charge is 0.378 e. The molecule has 0 radical (unpaired) electrons. The zero-order chi connectivity index (χ0) is 12.3. The van der Waals surface area contributed by atoms with E-state index in [-0.39, 0.29) is 11.5 Å². The Balaban J connectivity index is 2.21. The number of nitrogens with zero attached hydrogens (tertiary/aromatic N) is 1. The van der Waals surface area contributed by atoms with Gasteiger partial charge in [0.2, 0.25) is 0 Å². The molecule has 1 aromatic heterocycles. The van der Waals surface area contributed by atoms with Crippen molar-refractivity contribution in [1.82, 2.24) is 10.3 Å². The van der Waals surface area contributed by atoms with Crippen molar-refractivity contribution in [3.05, 3.63) is 29.0 Å². The summed E-state index contributed by atoms with van der Waals surface area (Å²) in [4.78, 5) is 4.03. The van der Waals surface area contributed by atoms with E-state index in [1.165, 1.54) is 0 Å². The van der Waals surface area contributed by atoms with Crippen molar-refractivity contribution >= 4 is 11.6 Å². The topological polar surface area (TPSA) is 34.2 Å². The Morgan fingerprint density at radius 3 is 3.06 bits per heavy atom. The maximum Gasteiger partial charge on any atom is 0.0621 e. The minimum absolute atomic E-state index is 0.153. The van der Waals surface area contributed by atoms with E-state index in [2.05, 4.69) is 17.2 Å². The molecule has 1 N–H and O–H groups in total. The zero-order valence-corrected chi connectivity index (χ0v) is 11.1. The molecular weight excluding hydrogens is 236 g/mol. The van der Waals surface area contributed by atoms with Crippen LogP contribution in [0.1, 0.15) is 18.9 Å². The van der Waals surface area contributed by atoms with Crippen LogP contribution in [-0.4, -0.2) is 31.3 Å². The zero-order valence-electron chi connectivity index (χ0n) is 10.4. The molecule has 2 rings (SSSR count). The molecular formula is C13H19ClN2O. The predicted molar refractivity (Wildman–Crippen MR) is 69.3 cm³/mol. The molecule has 3 nitrogen and oxygen atoms in total. The maximum atomic E-state index is 6.19. The van der Waals surface area contributed by atoms with Crippen LogP contribution in [0.25, 0.3) is 0 Å². The first-order valence-corrected chi connectivity index (χ1v) is 6.40. The highest BCUT2D eigenvalue weighted by atomic mass is 35.5. The molecule has 1 aliphatic rings. The molecule has 1 aliphatic heterocycles. The first-order chi connectivity index (χ1) is 8.18. The van der Waals surface area contributed by atoms with Gasteiger partial charge in [-0.25, -0.2) is 0 Å². The monoisotopic (exact) mass is 254 g/mol. The average Bonchev–Trinajstić information content (AvgIpc) is 2.65. The van der Waals surface area contributed by atoms with Crippen molar-refractivity contribution in [1.29, 1.82) is 0 Å². The minimum atomic E-state index is 0.153. The van der Waals surface area contributed by atoms with E-state index in [1.807, 2.05) is 13.1 Å². The van der Waals surface area contributed by atoms with Gasteiger partial charge in [0.05, 0.1) is 11.1 Å². The Hall–Kier alpha value is -0.640. The van der Waals surface area contributed by atoms with Gasteiger partial charge in [0, 0.05) is 31.0 Å². The molecule has 0 bridgehead atoms. The molecule has 0 amide bonds. The normalized spacial score (nSPS) is 28.5. The molecule has 0 spiro atoms. The minimum Gasteiger partial charge on any atom is -0.378 e. The number of hydrogen-bond donors (Lipinski definition) is 1. The van der Waals surface area contributed by atoms with Gasteiger partial charge in [0.25, 0.3) is 0 Å². The van der Waals surface area contributed by atoms with Crippen molar-refractivity contribution in [2.24, 2.45) is 5.41 Å². The van der Waals surface area contributed by atoms with E-state index < -0.39 is 0 Å². The van der Waals surface area contributed by atoms with Crippen molar-refractivity contribution in [2.75, 3.05) is 20.2 Å². The van der Waals surface area contributed by atoms with E-state index in [0.29, 0.717) is 0 Å². The van der Waals surface area contributed by atoms with E-state index in [0.717, 1.165) is 36.6 Å². The second-order valence-electron chi connectivity index (χ2n) is 4.80. The van der Waals surface area contributed by atoms with Crippen molar-refractivity contribution in [3.8, 4) is 0 Å². The summed E-state index contributed by atoms with van der Waals surface area (Å²) in [5.74, 6) is 0. The van der Waals surface area contributed by atoms with Crippen LogP contribution in [-0.2, 0) is 11.2 Å². The van der Waals surface area contributed by atoms with Gasteiger partial charge >= 0.3 is 0 Å². The van der Waals surface area contributed by atoms with Gasteiger partial charge in [-0.05, 0) is 38.4 Å². The number of aromatic nitrogens is 1. The number of hydrogen-bond acceptors (Lipinski definition) is 3. The smallest absolute Gasteiger partial charge is 0.0621 e. The van der Waals surface area contributed by atoms with Gasteiger partial charge in [0.15, 0.2) is 0 Å². The van der Waals surface area contributed by atoms with Crippen LogP contribution in [0.4, 0.5) is 0 Å².